The van der Waals surface area contributed by atoms with Gasteiger partial charge in [-0.2, -0.15) is 0 Å². The van der Waals surface area contributed by atoms with E-state index in [2.05, 4.69) is 5.32 Å². The molecule has 1 aliphatic carbocycles. The van der Waals surface area contributed by atoms with Crippen LogP contribution in [0.2, 0.25) is 0 Å². The lowest BCUT2D eigenvalue weighted by Gasteiger charge is -2.32. The summed E-state index contributed by atoms with van der Waals surface area (Å²) in [5, 5.41) is 5.01. The van der Waals surface area contributed by atoms with E-state index >= 15 is 4.39 Å². The average molecular weight is 481 g/mol. The number of anilines is 1. The maximum Gasteiger partial charge on any atom is 0.248 e. The highest BCUT2D eigenvalue weighted by Gasteiger charge is 2.35. The minimum absolute atomic E-state index is 0.0626. The van der Waals surface area contributed by atoms with E-state index in [4.69, 9.17) is 4.74 Å². The Bertz CT molecular complexity index is 1100. The Balaban J connectivity index is 1.76. The number of ether oxygens (including phenoxy) is 1. The van der Waals surface area contributed by atoms with Gasteiger partial charge in [-0.15, -0.1) is 11.3 Å². The molecule has 5 nitrogen and oxygen atoms in total. The van der Waals surface area contributed by atoms with E-state index in [-0.39, 0.29) is 30.0 Å². The van der Waals surface area contributed by atoms with Crippen molar-refractivity contribution < 1.29 is 18.7 Å². The molecule has 1 heterocycles. The van der Waals surface area contributed by atoms with E-state index in [1.54, 1.807) is 42.5 Å². The standard InChI is InChI=1S/C27H29FN2O3S/c1-2-33-21-15-13-19(14-16-21)26(27(32)29-20-8-3-4-9-20)30(24-12-6-5-11-23(24)28)25(31)18-22-10-7-17-34-22/h5-7,10-17,20,26H,2-4,8-9,18H2,1H3,(H,29,32). The first-order valence-corrected chi connectivity index (χ1v) is 12.6. The fraction of sp³-hybridized carbons (Fsp3) is 0.333. The molecule has 0 spiro atoms. The number of nitrogens with one attached hydrogen (secondary N) is 1. The summed E-state index contributed by atoms with van der Waals surface area (Å²) in [4.78, 5) is 29.5. The Morgan fingerprint density at radius 1 is 1.09 bits per heavy atom. The fourth-order valence-corrected chi connectivity index (χ4v) is 5.09. The maximum absolute atomic E-state index is 15.0. The first kappa shape index (κ1) is 24.0. The molecule has 1 atom stereocenters. The Morgan fingerprint density at radius 2 is 1.82 bits per heavy atom. The second kappa shape index (κ2) is 11.3. The highest BCUT2D eigenvalue weighted by molar-refractivity contribution is 7.10. The predicted octanol–water partition coefficient (Wildman–Crippen LogP) is 5.66. The van der Waals surface area contributed by atoms with Crippen LogP contribution in [0.15, 0.2) is 66.0 Å². The molecule has 1 fully saturated rings. The quantitative estimate of drug-likeness (QED) is 0.430. The molecule has 3 aromatic rings. The minimum atomic E-state index is -1.01. The topological polar surface area (TPSA) is 58.6 Å². The van der Waals surface area contributed by atoms with Gasteiger partial charge in [-0.25, -0.2) is 4.39 Å². The summed E-state index contributed by atoms with van der Waals surface area (Å²) in [6, 6.07) is 16.0. The molecule has 4 rings (SSSR count). The molecular formula is C27H29FN2O3S. The normalized spacial score (nSPS) is 14.5. The SMILES string of the molecule is CCOc1ccc(C(C(=O)NC2CCCC2)N(C(=O)Cc2cccs2)c2ccccc2F)cc1. The first-order valence-electron chi connectivity index (χ1n) is 11.7. The lowest BCUT2D eigenvalue weighted by Crippen LogP contribution is -2.47. The maximum atomic E-state index is 15.0. The summed E-state index contributed by atoms with van der Waals surface area (Å²) < 4.78 is 20.6. The zero-order valence-electron chi connectivity index (χ0n) is 19.2. The summed E-state index contributed by atoms with van der Waals surface area (Å²) in [6.45, 7) is 2.42. The lowest BCUT2D eigenvalue weighted by atomic mass is 10.0. The van der Waals surface area contributed by atoms with Gasteiger partial charge in [0.1, 0.15) is 17.6 Å². The summed E-state index contributed by atoms with van der Waals surface area (Å²) in [5.41, 5.74) is 0.686. The zero-order chi connectivity index (χ0) is 23.9. The number of para-hydroxylation sites is 1. The van der Waals surface area contributed by atoms with Crippen LogP contribution in [0.25, 0.3) is 0 Å². The van der Waals surface area contributed by atoms with Crippen molar-refractivity contribution in [1.82, 2.24) is 5.32 Å². The number of halogens is 1. The highest BCUT2D eigenvalue weighted by atomic mass is 32.1. The molecule has 1 N–H and O–H groups in total. The Morgan fingerprint density at radius 3 is 2.47 bits per heavy atom. The van der Waals surface area contributed by atoms with Crippen LogP contribution in [0.5, 0.6) is 5.75 Å². The van der Waals surface area contributed by atoms with Gasteiger partial charge < -0.3 is 10.1 Å². The van der Waals surface area contributed by atoms with Crippen LogP contribution in [0.3, 0.4) is 0 Å². The molecule has 1 unspecified atom stereocenters. The molecule has 2 aromatic carbocycles. The minimum Gasteiger partial charge on any atom is -0.494 e. The van der Waals surface area contributed by atoms with Crippen LogP contribution in [-0.2, 0) is 16.0 Å². The van der Waals surface area contributed by atoms with Crippen LogP contribution in [0.4, 0.5) is 10.1 Å². The van der Waals surface area contributed by atoms with Crippen molar-refractivity contribution in [3.05, 3.63) is 82.3 Å². The monoisotopic (exact) mass is 480 g/mol. The average Bonchev–Trinajstić information content (AvgIpc) is 3.53. The Kier molecular flexibility index (Phi) is 7.95. The number of hydrogen-bond donors (Lipinski definition) is 1. The van der Waals surface area contributed by atoms with E-state index in [9.17, 15) is 9.59 Å². The van der Waals surface area contributed by atoms with Crippen LogP contribution >= 0.6 is 11.3 Å². The first-order chi connectivity index (χ1) is 16.6. The number of rotatable bonds is 9. The summed E-state index contributed by atoms with van der Waals surface area (Å²) >= 11 is 1.46. The third-order valence-corrected chi connectivity index (χ3v) is 6.88. The molecule has 0 saturated heterocycles. The van der Waals surface area contributed by atoms with Crippen LogP contribution in [0.1, 0.15) is 49.1 Å². The Labute approximate surface area is 203 Å². The zero-order valence-corrected chi connectivity index (χ0v) is 20.0. The van der Waals surface area contributed by atoms with Gasteiger partial charge in [-0.1, -0.05) is 43.2 Å². The molecule has 2 amide bonds. The number of nitrogens with zero attached hydrogens (tertiary/aromatic N) is 1. The van der Waals surface area contributed by atoms with Gasteiger partial charge in [-0.05, 0) is 61.0 Å². The van der Waals surface area contributed by atoms with Crippen LogP contribution in [-0.4, -0.2) is 24.5 Å². The van der Waals surface area contributed by atoms with E-state index < -0.39 is 11.9 Å². The van der Waals surface area contributed by atoms with Gasteiger partial charge >= 0.3 is 0 Å². The molecule has 1 saturated carbocycles. The third-order valence-electron chi connectivity index (χ3n) is 6.00. The van der Waals surface area contributed by atoms with Crippen molar-refractivity contribution in [3.63, 3.8) is 0 Å². The Hall–Kier alpha value is -3.19. The summed E-state index contributed by atoms with van der Waals surface area (Å²) in [7, 11) is 0. The number of carbonyl (C=O) groups excluding carboxylic acids is 2. The van der Waals surface area contributed by atoms with E-state index in [0.717, 1.165) is 30.6 Å². The van der Waals surface area contributed by atoms with Crippen molar-refractivity contribution in [2.24, 2.45) is 0 Å². The van der Waals surface area contributed by atoms with Crippen LogP contribution in [0, 0.1) is 5.82 Å². The van der Waals surface area contributed by atoms with Crippen molar-refractivity contribution in [2.75, 3.05) is 11.5 Å². The van der Waals surface area contributed by atoms with Gasteiger partial charge in [0.15, 0.2) is 0 Å². The third kappa shape index (κ3) is 5.65. The van der Waals surface area contributed by atoms with Crippen LogP contribution < -0.4 is 15.0 Å². The summed E-state index contributed by atoms with van der Waals surface area (Å²) in [6.07, 6.45) is 4.02. The second-order valence-electron chi connectivity index (χ2n) is 8.37. The molecule has 7 heteroatoms. The van der Waals surface area contributed by atoms with Crippen molar-refractivity contribution in [2.45, 2.75) is 51.1 Å². The number of thiophene rings is 1. The number of carbonyl (C=O) groups is 2. The smallest absolute Gasteiger partial charge is 0.248 e. The molecular weight excluding hydrogens is 451 g/mol. The van der Waals surface area contributed by atoms with E-state index in [0.29, 0.717) is 17.9 Å². The van der Waals surface area contributed by atoms with Gasteiger partial charge in [0.2, 0.25) is 11.8 Å². The molecule has 1 aliphatic rings. The van der Waals surface area contributed by atoms with Gasteiger partial charge in [-0.3, -0.25) is 14.5 Å². The molecule has 178 valence electrons. The fourth-order valence-electron chi connectivity index (χ4n) is 4.39. The molecule has 0 aliphatic heterocycles. The number of benzene rings is 2. The van der Waals surface area contributed by atoms with Gasteiger partial charge in [0.25, 0.3) is 0 Å². The molecule has 0 radical (unpaired) electrons. The summed E-state index contributed by atoms with van der Waals surface area (Å²) in [5.74, 6) is -0.526. The van der Waals surface area contributed by atoms with E-state index in [1.807, 2.05) is 24.4 Å². The predicted molar refractivity (Wildman–Crippen MR) is 133 cm³/mol. The lowest BCUT2D eigenvalue weighted by molar-refractivity contribution is -0.127. The second-order valence-corrected chi connectivity index (χ2v) is 9.40. The number of amides is 2. The van der Waals surface area contributed by atoms with Crippen molar-refractivity contribution in [3.8, 4) is 5.75 Å². The van der Waals surface area contributed by atoms with Crippen molar-refractivity contribution in [1.29, 1.82) is 0 Å². The molecule has 0 bridgehead atoms. The van der Waals surface area contributed by atoms with E-state index in [1.165, 1.54) is 22.3 Å². The number of hydrogen-bond acceptors (Lipinski definition) is 4. The van der Waals surface area contributed by atoms with Gasteiger partial charge in [0.05, 0.1) is 18.7 Å². The molecule has 1 aromatic heterocycles. The molecule has 34 heavy (non-hydrogen) atoms. The van der Waals surface area contributed by atoms with Gasteiger partial charge in [0, 0.05) is 10.9 Å². The van der Waals surface area contributed by atoms with Crippen molar-refractivity contribution >= 4 is 28.8 Å². The highest BCUT2D eigenvalue weighted by Crippen LogP contribution is 2.32. The largest absolute Gasteiger partial charge is 0.494 e.